The predicted octanol–water partition coefficient (Wildman–Crippen LogP) is 3.73. The van der Waals surface area contributed by atoms with Crippen LogP contribution in [0.2, 0.25) is 0 Å². The number of carbonyl (C=O) groups is 1. The summed E-state index contributed by atoms with van der Waals surface area (Å²) in [5.74, 6) is 1.10. The highest BCUT2D eigenvalue weighted by Gasteiger charge is 2.34. The van der Waals surface area contributed by atoms with Gasteiger partial charge in [0, 0.05) is 30.9 Å². The Balaban J connectivity index is 1.32. The molecule has 0 radical (unpaired) electrons. The number of carbonyl (C=O) groups excluding carboxylic acids is 1. The Labute approximate surface area is 198 Å². The Morgan fingerprint density at radius 1 is 1.19 bits per heavy atom. The van der Waals surface area contributed by atoms with E-state index in [0.717, 1.165) is 52.6 Å². The van der Waals surface area contributed by atoms with Gasteiger partial charge in [0.2, 0.25) is 5.95 Å². The smallest absolute Gasteiger partial charge is 0.253 e. The van der Waals surface area contributed by atoms with E-state index >= 15 is 0 Å². The monoisotopic (exact) mass is 488 g/mol. The van der Waals surface area contributed by atoms with Crippen molar-refractivity contribution in [2.24, 2.45) is 5.10 Å². The van der Waals surface area contributed by atoms with Crippen LogP contribution in [0.4, 0.5) is 5.95 Å². The Kier molecular flexibility index (Phi) is 6.58. The van der Waals surface area contributed by atoms with E-state index in [1.54, 1.807) is 27.7 Å². The molecule has 0 aliphatic carbocycles. The summed E-state index contributed by atoms with van der Waals surface area (Å²) in [6.45, 7) is 5.82. The molecule has 1 atom stereocenters. The third-order valence-corrected chi connectivity index (χ3v) is 8.32. The summed E-state index contributed by atoms with van der Waals surface area (Å²) in [6, 6.07) is 8.14. The molecule has 5 heterocycles. The van der Waals surface area contributed by atoms with Crippen LogP contribution in [-0.2, 0) is 16.1 Å². The Hall–Kier alpha value is -2.21. The number of thioether (sulfide) groups is 1. The average molecular weight is 489 g/mol. The predicted molar refractivity (Wildman–Crippen MR) is 129 cm³/mol. The molecule has 32 heavy (non-hydrogen) atoms. The van der Waals surface area contributed by atoms with E-state index in [4.69, 9.17) is 9.84 Å². The van der Waals surface area contributed by atoms with Crippen LogP contribution < -0.4 is 4.90 Å². The zero-order valence-corrected chi connectivity index (χ0v) is 20.2. The third-order valence-electron chi connectivity index (χ3n) is 5.48. The van der Waals surface area contributed by atoms with Crippen LogP contribution in [0.5, 0.6) is 0 Å². The minimum atomic E-state index is -0.0480. The molecule has 0 aromatic carbocycles. The first-order valence-corrected chi connectivity index (χ1v) is 13.3. The molecule has 3 aromatic heterocycles. The topological polar surface area (TPSA) is 75.9 Å². The van der Waals surface area contributed by atoms with Gasteiger partial charge in [0.05, 0.1) is 35.6 Å². The molecule has 3 aromatic rings. The molecule has 1 amide bonds. The molecular weight excluding hydrogens is 464 g/mol. The SMILES string of the molecule is CCn1c(SCC(=O)N2N=C(c3cccs3)C[C@H]2c2cccs2)nnc1N1CCOCC1. The largest absolute Gasteiger partial charge is 0.378 e. The van der Waals surface area contributed by atoms with Crippen molar-refractivity contribution in [3.63, 3.8) is 0 Å². The van der Waals surface area contributed by atoms with Crippen LogP contribution in [0.25, 0.3) is 0 Å². The van der Waals surface area contributed by atoms with Gasteiger partial charge in [-0.15, -0.1) is 32.9 Å². The van der Waals surface area contributed by atoms with Crippen molar-refractivity contribution >= 4 is 52.0 Å². The quantitative estimate of drug-likeness (QED) is 0.472. The van der Waals surface area contributed by atoms with Crippen LogP contribution in [0.3, 0.4) is 0 Å². The van der Waals surface area contributed by atoms with E-state index in [2.05, 4.69) is 38.7 Å². The molecule has 168 valence electrons. The van der Waals surface area contributed by atoms with E-state index < -0.39 is 0 Å². The zero-order chi connectivity index (χ0) is 21.9. The fourth-order valence-electron chi connectivity index (χ4n) is 3.89. The summed E-state index contributed by atoms with van der Waals surface area (Å²) in [4.78, 5) is 17.7. The summed E-state index contributed by atoms with van der Waals surface area (Å²) in [7, 11) is 0. The summed E-state index contributed by atoms with van der Waals surface area (Å²) >= 11 is 4.75. The van der Waals surface area contributed by atoms with Gasteiger partial charge in [0.25, 0.3) is 5.91 Å². The second kappa shape index (κ2) is 9.74. The first kappa shape index (κ1) is 21.6. The van der Waals surface area contributed by atoms with Crippen molar-refractivity contribution in [3.05, 3.63) is 44.8 Å². The van der Waals surface area contributed by atoms with Gasteiger partial charge < -0.3 is 9.64 Å². The van der Waals surface area contributed by atoms with E-state index in [1.165, 1.54) is 11.8 Å². The van der Waals surface area contributed by atoms with Gasteiger partial charge >= 0.3 is 0 Å². The number of hydrogen-bond acceptors (Lipinski definition) is 9. The number of nitrogens with zero attached hydrogens (tertiary/aromatic N) is 6. The van der Waals surface area contributed by atoms with Gasteiger partial charge in [-0.05, 0) is 29.8 Å². The second-order valence-electron chi connectivity index (χ2n) is 7.41. The first-order chi connectivity index (χ1) is 15.7. The molecule has 0 spiro atoms. The number of hydrazone groups is 1. The molecular formula is C21H24N6O2S3. The summed E-state index contributed by atoms with van der Waals surface area (Å²) < 4.78 is 7.52. The molecule has 8 nitrogen and oxygen atoms in total. The van der Waals surface area contributed by atoms with E-state index in [-0.39, 0.29) is 17.7 Å². The van der Waals surface area contributed by atoms with Crippen LogP contribution >= 0.6 is 34.4 Å². The molecule has 1 fully saturated rings. The number of morpholine rings is 1. The van der Waals surface area contributed by atoms with Gasteiger partial charge in [-0.2, -0.15) is 5.10 Å². The number of rotatable bonds is 7. The first-order valence-electron chi connectivity index (χ1n) is 10.6. The molecule has 0 N–H and O–H groups in total. The Bertz CT molecular complexity index is 1070. The van der Waals surface area contributed by atoms with Gasteiger partial charge in [0.1, 0.15) is 0 Å². The highest BCUT2D eigenvalue weighted by Crippen LogP contribution is 2.36. The number of amides is 1. The average Bonchev–Trinajstić information content (AvgIpc) is 3.63. The summed E-state index contributed by atoms with van der Waals surface area (Å²) in [6.07, 6.45) is 0.740. The minimum absolute atomic E-state index is 0.0152. The Morgan fingerprint density at radius 2 is 2.00 bits per heavy atom. The van der Waals surface area contributed by atoms with E-state index in [9.17, 15) is 4.79 Å². The van der Waals surface area contributed by atoms with Crippen molar-refractivity contribution in [1.29, 1.82) is 0 Å². The van der Waals surface area contributed by atoms with Crippen molar-refractivity contribution < 1.29 is 9.53 Å². The van der Waals surface area contributed by atoms with Crippen molar-refractivity contribution in [2.75, 3.05) is 37.0 Å². The molecule has 0 bridgehead atoms. The maximum absolute atomic E-state index is 13.3. The van der Waals surface area contributed by atoms with Gasteiger partial charge in [-0.3, -0.25) is 9.36 Å². The lowest BCUT2D eigenvalue weighted by molar-refractivity contribution is -0.130. The standard InChI is InChI=1S/C21H24N6O2S3/c1-2-26-20(25-7-9-29-10-8-25)22-23-21(26)32-14-19(28)27-16(18-6-4-12-31-18)13-15(24-27)17-5-3-11-30-17/h3-6,11-12,16H,2,7-10,13-14H2,1H3/t16-/m0/s1. The fraction of sp³-hybridized carbons (Fsp3) is 0.429. The number of hydrogen-bond donors (Lipinski definition) is 0. The maximum Gasteiger partial charge on any atom is 0.253 e. The zero-order valence-electron chi connectivity index (χ0n) is 17.7. The van der Waals surface area contributed by atoms with Gasteiger partial charge in [-0.1, -0.05) is 23.9 Å². The molecule has 2 aliphatic rings. The number of anilines is 1. The summed E-state index contributed by atoms with van der Waals surface area (Å²) in [5.41, 5.74) is 0.975. The minimum Gasteiger partial charge on any atom is -0.378 e. The number of ether oxygens (including phenoxy) is 1. The molecule has 5 rings (SSSR count). The Morgan fingerprint density at radius 3 is 2.72 bits per heavy atom. The molecule has 0 unspecified atom stereocenters. The van der Waals surface area contributed by atoms with Crippen LogP contribution in [0, 0.1) is 0 Å². The van der Waals surface area contributed by atoms with Gasteiger partial charge in [0.15, 0.2) is 5.16 Å². The lowest BCUT2D eigenvalue weighted by Crippen LogP contribution is -2.38. The molecule has 0 saturated carbocycles. The van der Waals surface area contributed by atoms with Gasteiger partial charge in [-0.25, -0.2) is 5.01 Å². The fourth-order valence-corrected chi connectivity index (χ4v) is 6.27. The van der Waals surface area contributed by atoms with Crippen molar-refractivity contribution in [1.82, 2.24) is 19.8 Å². The summed E-state index contributed by atoms with van der Waals surface area (Å²) in [5, 5.41) is 20.0. The highest BCUT2D eigenvalue weighted by atomic mass is 32.2. The second-order valence-corrected chi connectivity index (χ2v) is 10.3. The normalized spacial score (nSPS) is 18.9. The van der Waals surface area contributed by atoms with Crippen molar-refractivity contribution in [2.45, 2.75) is 31.1 Å². The lowest BCUT2D eigenvalue weighted by atomic mass is 10.1. The highest BCUT2D eigenvalue weighted by molar-refractivity contribution is 7.99. The number of aromatic nitrogens is 3. The third kappa shape index (κ3) is 4.34. The van der Waals surface area contributed by atoms with Crippen LogP contribution in [0.1, 0.15) is 29.1 Å². The maximum atomic E-state index is 13.3. The number of thiophene rings is 2. The molecule has 2 aliphatic heterocycles. The molecule has 1 saturated heterocycles. The van der Waals surface area contributed by atoms with Crippen LogP contribution in [-0.4, -0.2) is 63.4 Å². The lowest BCUT2D eigenvalue weighted by Gasteiger charge is -2.27. The van der Waals surface area contributed by atoms with E-state index in [1.807, 2.05) is 22.9 Å². The molecule has 11 heteroatoms. The van der Waals surface area contributed by atoms with E-state index in [0.29, 0.717) is 13.2 Å². The van der Waals surface area contributed by atoms with Crippen molar-refractivity contribution in [3.8, 4) is 0 Å². The van der Waals surface area contributed by atoms with Crippen LogP contribution in [0.15, 0.2) is 45.3 Å².